The van der Waals surface area contributed by atoms with E-state index in [1.165, 1.54) is 0 Å². The summed E-state index contributed by atoms with van der Waals surface area (Å²) in [6.07, 6.45) is 3.22. The third-order valence-corrected chi connectivity index (χ3v) is 5.90. The van der Waals surface area contributed by atoms with Gasteiger partial charge in [-0.1, -0.05) is 12.1 Å². The SMILES string of the molecule is COc1ccc(C=C(C#N)C(=O)NCc2ccccn2)cc1Cn1nc(C)c(Br)c1C. The Kier molecular flexibility index (Phi) is 7.21. The van der Waals surface area contributed by atoms with Gasteiger partial charge in [-0.2, -0.15) is 10.4 Å². The van der Waals surface area contributed by atoms with Gasteiger partial charge < -0.3 is 10.1 Å². The topological polar surface area (TPSA) is 92.8 Å². The van der Waals surface area contributed by atoms with Crippen LogP contribution in [-0.2, 0) is 17.9 Å². The third-order valence-electron chi connectivity index (χ3n) is 4.75. The summed E-state index contributed by atoms with van der Waals surface area (Å²) in [5.41, 5.74) is 4.26. The lowest BCUT2D eigenvalue weighted by molar-refractivity contribution is -0.117. The molecule has 1 amide bonds. The molecule has 3 aromatic rings. The summed E-state index contributed by atoms with van der Waals surface area (Å²) in [5, 5.41) is 16.8. The fourth-order valence-corrected chi connectivity index (χ4v) is 3.37. The van der Waals surface area contributed by atoms with Gasteiger partial charge in [0.2, 0.25) is 0 Å². The molecule has 0 aliphatic heterocycles. The van der Waals surface area contributed by atoms with E-state index in [9.17, 15) is 10.1 Å². The summed E-state index contributed by atoms with van der Waals surface area (Å²) in [6.45, 7) is 4.67. The molecule has 0 bridgehead atoms. The van der Waals surface area contributed by atoms with Crippen LogP contribution >= 0.6 is 15.9 Å². The number of nitrogens with one attached hydrogen (secondary N) is 1. The molecule has 0 aliphatic carbocycles. The third kappa shape index (κ3) is 5.38. The lowest BCUT2D eigenvalue weighted by Gasteiger charge is -2.11. The minimum absolute atomic E-state index is 0.0147. The first kappa shape index (κ1) is 22.2. The summed E-state index contributed by atoms with van der Waals surface area (Å²) in [5.74, 6) is 0.256. The molecule has 1 N–H and O–H groups in total. The first-order chi connectivity index (χ1) is 14.9. The second kappa shape index (κ2) is 10.0. The number of pyridine rings is 1. The number of methoxy groups -OCH3 is 1. The van der Waals surface area contributed by atoms with Crippen molar-refractivity contribution in [2.75, 3.05) is 7.11 Å². The van der Waals surface area contributed by atoms with Crippen molar-refractivity contribution in [2.24, 2.45) is 0 Å². The van der Waals surface area contributed by atoms with Gasteiger partial charge >= 0.3 is 0 Å². The largest absolute Gasteiger partial charge is 0.496 e. The normalized spacial score (nSPS) is 11.1. The van der Waals surface area contributed by atoms with Crippen LogP contribution < -0.4 is 10.1 Å². The number of aromatic nitrogens is 3. The van der Waals surface area contributed by atoms with Gasteiger partial charge in [-0.25, -0.2) is 0 Å². The lowest BCUT2D eigenvalue weighted by Crippen LogP contribution is -2.24. The molecule has 2 aromatic heterocycles. The van der Waals surface area contributed by atoms with E-state index in [1.54, 1.807) is 25.4 Å². The number of carbonyl (C=O) groups excluding carboxylic acids is 1. The maximum absolute atomic E-state index is 12.5. The van der Waals surface area contributed by atoms with Gasteiger partial charge in [-0.15, -0.1) is 0 Å². The van der Waals surface area contributed by atoms with Crippen molar-refractivity contribution in [2.45, 2.75) is 26.9 Å². The predicted octanol–water partition coefficient (Wildman–Crippen LogP) is 3.94. The molecule has 0 unspecified atom stereocenters. The van der Waals surface area contributed by atoms with E-state index in [0.717, 1.165) is 32.7 Å². The Morgan fingerprint density at radius 3 is 2.74 bits per heavy atom. The molecule has 8 heteroatoms. The Morgan fingerprint density at radius 1 is 1.32 bits per heavy atom. The highest BCUT2D eigenvalue weighted by atomic mass is 79.9. The predicted molar refractivity (Wildman–Crippen MR) is 121 cm³/mol. The van der Waals surface area contributed by atoms with Gasteiger partial charge in [0.05, 0.1) is 41.8 Å². The molecule has 158 valence electrons. The second-order valence-corrected chi connectivity index (χ2v) is 7.68. The maximum atomic E-state index is 12.5. The minimum atomic E-state index is -0.451. The zero-order valence-corrected chi connectivity index (χ0v) is 19.1. The average molecular weight is 480 g/mol. The van der Waals surface area contributed by atoms with E-state index >= 15 is 0 Å². The Labute approximate surface area is 189 Å². The van der Waals surface area contributed by atoms with Gasteiger partial charge in [0.1, 0.15) is 17.4 Å². The van der Waals surface area contributed by atoms with Crippen LogP contribution in [0.15, 0.2) is 52.6 Å². The summed E-state index contributed by atoms with van der Waals surface area (Å²) in [6, 6.07) is 13.0. The van der Waals surface area contributed by atoms with Crippen molar-refractivity contribution >= 4 is 27.9 Å². The van der Waals surface area contributed by atoms with Crippen molar-refractivity contribution in [1.29, 1.82) is 5.26 Å². The molecule has 0 spiro atoms. The van der Waals surface area contributed by atoms with Crippen LogP contribution in [0.3, 0.4) is 0 Å². The van der Waals surface area contributed by atoms with Gasteiger partial charge in [0, 0.05) is 11.8 Å². The van der Waals surface area contributed by atoms with E-state index in [1.807, 2.05) is 54.9 Å². The lowest BCUT2D eigenvalue weighted by atomic mass is 10.1. The quantitative estimate of drug-likeness (QED) is 0.409. The van der Waals surface area contributed by atoms with Crippen LogP contribution in [0.1, 0.15) is 28.2 Å². The van der Waals surface area contributed by atoms with Crippen LogP contribution in [0.2, 0.25) is 0 Å². The Hall–Kier alpha value is -3.44. The van der Waals surface area contributed by atoms with E-state index in [-0.39, 0.29) is 12.1 Å². The zero-order valence-electron chi connectivity index (χ0n) is 17.5. The Bertz CT molecular complexity index is 1160. The molecule has 2 heterocycles. The average Bonchev–Trinajstić information content (AvgIpc) is 3.03. The maximum Gasteiger partial charge on any atom is 0.262 e. The Morgan fingerprint density at radius 2 is 2.13 bits per heavy atom. The molecule has 7 nitrogen and oxygen atoms in total. The van der Waals surface area contributed by atoms with Crippen LogP contribution in [0, 0.1) is 25.2 Å². The van der Waals surface area contributed by atoms with Crippen molar-refractivity contribution < 1.29 is 9.53 Å². The number of hydrogen-bond donors (Lipinski definition) is 1. The van der Waals surface area contributed by atoms with Crippen molar-refractivity contribution in [3.8, 4) is 11.8 Å². The fraction of sp³-hybridized carbons (Fsp3) is 0.217. The summed E-state index contributed by atoms with van der Waals surface area (Å²) in [4.78, 5) is 16.6. The highest BCUT2D eigenvalue weighted by molar-refractivity contribution is 9.10. The van der Waals surface area contributed by atoms with E-state index in [4.69, 9.17) is 4.74 Å². The van der Waals surface area contributed by atoms with Crippen LogP contribution in [0.25, 0.3) is 6.08 Å². The van der Waals surface area contributed by atoms with Crippen molar-refractivity contribution in [1.82, 2.24) is 20.1 Å². The van der Waals surface area contributed by atoms with Crippen molar-refractivity contribution in [3.05, 3.63) is 80.8 Å². The first-order valence-corrected chi connectivity index (χ1v) is 10.4. The van der Waals surface area contributed by atoms with Crippen LogP contribution in [-0.4, -0.2) is 27.8 Å². The molecule has 0 radical (unpaired) electrons. The Balaban J connectivity index is 1.83. The number of nitriles is 1. The second-order valence-electron chi connectivity index (χ2n) is 6.89. The highest BCUT2D eigenvalue weighted by Gasteiger charge is 2.13. The molecule has 0 aliphatic rings. The number of aryl methyl sites for hydroxylation is 1. The zero-order chi connectivity index (χ0) is 22.4. The van der Waals surface area contributed by atoms with Crippen LogP contribution in [0.4, 0.5) is 0 Å². The minimum Gasteiger partial charge on any atom is -0.496 e. The number of benzene rings is 1. The number of ether oxygens (including phenoxy) is 1. The summed E-state index contributed by atoms with van der Waals surface area (Å²) in [7, 11) is 1.61. The van der Waals surface area contributed by atoms with Gasteiger partial charge in [-0.3, -0.25) is 14.5 Å². The molecule has 0 fully saturated rings. The van der Waals surface area contributed by atoms with E-state index < -0.39 is 5.91 Å². The number of nitrogens with zero attached hydrogens (tertiary/aromatic N) is 4. The molecular weight excluding hydrogens is 458 g/mol. The standard InChI is InChI=1S/C23H22BrN5O2/c1-15-22(24)16(2)29(28-15)14-19-11-17(7-8-21(19)31-3)10-18(12-25)23(30)27-13-20-6-4-5-9-26-20/h4-11H,13-14H2,1-3H3,(H,27,30). The smallest absolute Gasteiger partial charge is 0.262 e. The highest BCUT2D eigenvalue weighted by Crippen LogP contribution is 2.25. The van der Waals surface area contributed by atoms with Crippen molar-refractivity contribution in [3.63, 3.8) is 0 Å². The van der Waals surface area contributed by atoms with Crippen LogP contribution in [0.5, 0.6) is 5.75 Å². The summed E-state index contributed by atoms with van der Waals surface area (Å²) >= 11 is 3.54. The molecule has 0 atom stereocenters. The number of hydrogen-bond acceptors (Lipinski definition) is 5. The number of rotatable bonds is 7. The number of amides is 1. The van der Waals surface area contributed by atoms with Gasteiger partial charge in [0.25, 0.3) is 5.91 Å². The monoisotopic (exact) mass is 479 g/mol. The molecule has 0 saturated carbocycles. The van der Waals surface area contributed by atoms with E-state index in [2.05, 4.69) is 31.3 Å². The molecule has 31 heavy (non-hydrogen) atoms. The molecule has 3 rings (SSSR count). The van der Waals surface area contributed by atoms with Gasteiger partial charge in [0.15, 0.2) is 0 Å². The summed E-state index contributed by atoms with van der Waals surface area (Å²) < 4.78 is 8.35. The van der Waals surface area contributed by atoms with Gasteiger partial charge in [-0.05, 0) is 65.7 Å². The molecular formula is C23H22BrN5O2. The molecule has 1 aromatic carbocycles. The molecule has 0 saturated heterocycles. The first-order valence-electron chi connectivity index (χ1n) is 9.59. The fourth-order valence-electron chi connectivity index (χ4n) is 3.09. The number of carbonyl (C=O) groups is 1. The van der Waals surface area contributed by atoms with E-state index in [0.29, 0.717) is 12.3 Å². The number of halogens is 1.